The largest absolute Gasteiger partial charge is 0.506 e. The van der Waals surface area contributed by atoms with Crippen molar-refractivity contribution in [3.63, 3.8) is 0 Å². The molecule has 0 saturated carbocycles. The van der Waals surface area contributed by atoms with Crippen molar-refractivity contribution in [3.05, 3.63) is 21.9 Å². The second-order valence-electron chi connectivity index (χ2n) is 2.24. The van der Waals surface area contributed by atoms with Crippen molar-refractivity contribution in [2.24, 2.45) is 7.05 Å². The van der Waals surface area contributed by atoms with E-state index in [1.165, 1.54) is 4.68 Å². The van der Waals surface area contributed by atoms with E-state index in [1.54, 1.807) is 13.1 Å². The summed E-state index contributed by atoms with van der Waals surface area (Å²) in [6, 6.07) is 1.66. The Morgan fingerprint density at radius 1 is 1.69 bits per heavy atom. The van der Waals surface area contributed by atoms with Gasteiger partial charge in [-0.05, 0) is 0 Å². The lowest BCUT2D eigenvalue weighted by Crippen LogP contribution is -1.89. The molecule has 1 aromatic rings. The summed E-state index contributed by atoms with van der Waals surface area (Å²) in [7, 11) is 1.58. The highest BCUT2D eigenvalue weighted by Gasteiger charge is 2.16. The summed E-state index contributed by atoms with van der Waals surface area (Å²) < 4.78 is 1.31. The van der Waals surface area contributed by atoms with Crippen molar-refractivity contribution in [1.29, 1.82) is 5.26 Å². The maximum Gasteiger partial charge on any atom is 0.163 e. The van der Waals surface area contributed by atoms with Gasteiger partial charge in [0.25, 0.3) is 0 Å². The normalized spacial score (nSPS) is 11.4. The van der Waals surface area contributed by atoms with Crippen molar-refractivity contribution in [2.45, 2.75) is 0 Å². The first-order chi connectivity index (χ1) is 6.07. The Balaban J connectivity index is 3.31. The molecule has 1 rings (SSSR count). The van der Waals surface area contributed by atoms with Crippen LogP contribution in [0.3, 0.4) is 0 Å². The van der Waals surface area contributed by atoms with E-state index in [0.29, 0.717) is 0 Å². The minimum absolute atomic E-state index is 0.0662. The van der Waals surface area contributed by atoms with Crippen LogP contribution in [0, 0.1) is 11.3 Å². The molecule has 0 unspecified atom stereocenters. The van der Waals surface area contributed by atoms with E-state index >= 15 is 0 Å². The molecule has 0 bridgehead atoms. The predicted octanol–water partition coefficient (Wildman–Crippen LogP) is 2.15. The molecule has 6 heteroatoms. The molecule has 1 N–H and O–H groups in total. The fourth-order valence-corrected chi connectivity index (χ4v) is 1.39. The first kappa shape index (κ1) is 9.90. The number of nitrogens with zero attached hydrogens (tertiary/aromatic N) is 3. The van der Waals surface area contributed by atoms with Crippen LogP contribution in [0.2, 0.25) is 10.3 Å². The van der Waals surface area contributed by atoms with E-state index in [9.17, 15) is 5.11 Å². The van der Waals surface area contributed by atoms with Gasteiger partial charge in [0.2, 0.25) is 0 Å². The van der Waals surface area contributed by atoms with Gasteiger partial charge >= 0.3 is 0 Å². The van der Waals surface area contributed by atoms with Gasteiger partial charge in [-0.25, -0.2) is 0 Å². The Labute approximate surface area is 84.6 Å². The Morgan fingerprint density at radius 3 is 2.69 bits per heavy atom. The second kappa shape index (κ2) is 3.69. The van der Waals surface area contributed by atoms with E-state index in [0.717, 1.165) is 6.08 Å². The molecule has 0 aliphatic rings. The summed E-state index contributed by atoms with van der Waals surface area (Å²) in [5.41, 5.74) is 0.174. The Kier molecular flexibility index (Phi) is 2.81. The number of nitriles is 1. The van der Waals surface area contributed by atoms with E-state index < -0.39 is 0 Å². The van der Waals surface area contributed by atoms with E-state index in [1.807, 2.05) is 0 Å². The quantitative estimate of drug-likeness (QED) is 0.580. The third-order valence-corrected chi connectivity index (χ3v) is 2.09. The Hall–Kier alpha value is -1.18. The molecule has 0 spiro atoms. The highest BCUT2D eigenvalue weighted by molar-refractivity contribution is 6.36. The molecule has 0 fully saturated rings. The molecule has 0 aliphatic heterocycles. The molecule has 0 aliphatic carbocycles. The zero-order valence-electron chi connectivity index (χ0n) is 6.62. The topological polar surface area (TPSA) is 61.8 Å². The zero-order valence-corrected chi connectivity index (χ0v) is 8.13. The van der Waals surface area contributed by atoms with Crippen molar-refractivity contribution < 1.29 is 5.11 Å². The van der Waals surface area contributed by atoms with Crippen LogP contribution in [0.5, 0.6) is 0 Å². The lowest BCUT2D eigenvalue weighted by Gasteiger charge is -1.95. The lowest BCUT2D eigenvalue weighted by atomic mass is 10.3. The van der Waals surface area contributed by atoms with Gasteiger partial charge in [0.05, 0.1) is 17.7 Å². The van der Waals surface area contributed by atoms with Crippen LogP contribution < -0.4 is 0 Å². The third-order valence-electron chi connectivity index (χ3n) is 1.39. The summed E-state index contributed by atoms with van der Waals surface area (Å²) in [5.74, 6) is -0.286. The van der Waals surface area contributed by atoms with Crippen LogP contribution in [-0.2, 0) is 7.05 Å². The van der Waals surface area contributed by atoms with E-state index in [2.05, 4.69) is 5.10 Å². The molecule has 0 amide bonds. The molecule has 4 nitrogen and oxygen atoms in total. The average Bonchev–Trinajstić information content (AvgIpc) is 2.27. The number of aliphatic hydroxyl groups is 1. The smallest absolute Gasteiger partial charge is 0.163 e. The van der Waals surface area contributed by atoms with Crippen LogP contribution in [0.15, 0.2) is 6.08 Å². The van der Waals surface area contributed by atoms with Crippen LogP contribution in [0.25, 0.3) is 5.76 Å². The summed E-state index contributed by atoms with van der Waals surface area (Å²) in [4.78, 5) is 0. The van der Waals surface area contributed by atoms with Gasteiger partial charge in [0.15, 0.2) is 5.15 Å². The number of aryl methyl sites for hydroxylation is 1. The number of rotatable bonds is 1. The van der Waals surface area contributed by atoms with Gasteiger partial charge in [-0.1, -0.05) is 23.2 Å². The highest BCUT2D eigenvalue weighted by Crippen LogP contribution is 2.28. The molecule has 13 heavy (non-hydrogen) atoms. The van der Waals surface area contributed by atoms with Crippen molar-refractivity contribution in [2.75, 3.05) is 0 Å². The van der Waals surface area contributed by atoms with Crippen LogP contribution in [-0.4, -0.2) is 14.9 Å². The second-order valence-corrected chi connectivity index (χ2v) is 2.95. The number of aromatic nitrogens is 2. The molecule has 0 saturated heterocycles. The monoisotopic (exact) mass is 217 g/mol. The number of hydrogen-bond donors (Lipinski definition) is 1. The van der Waals surface area contributed by atoms with Gasteiger partial charge in [0.1, 0.15) is 10.9 Å². The summed E-state index contributed by atoms with van der Waals surface area (Å²) in [6.45, 7) is 0. The van der Waals surface area contributed by atoms with E-state index in [-0.39, 0.29) is 21.6 Å². The Bertz CT molecular complexity index is 403. The number of hydrogen-bond acceptors (Lipinski definition) is 3. The summed E-state index contributed by atoms with van der Waals surface area (Å²) in [6.07, 6.45) is 0.939. The van der Waals surface area contributed by atoms with Gasteiger partial charge in [0, 0.05) is 7.05 Å². The number of aliphatic hydroxyl groups excluding tert-OH is 1. The lowest BCUT2D eigenvalue weighted by molar-refractivity contribution is 0.512. The number of halogens is 2. The average molecular weight is 218 g/mol. The third kappa shape index (κ3) is 1.77. The van der Waals surface area contributed by atoms with Crippen molar-refractivity contribution in [3.8, 4) is 6.07 Å². The maximum absolute atomic E-state index is 9.31. The fraction of sp³-hybridized carbons (Fsp3) is 0.143. The van der Waals surface area contributed by atoms with Gasteiger partial charge in [-0.15, -0.1) is 0 Å². The molecule has 1 heterocycles. The number of allylic oxidation sites excluding steroid dienone is 1. The zero-order chi connectivity index (χ0) is 10.0. The molecule has 0 atom stereocenters. The van der Waals surface area contributed by atoms with Crippen molar-refractivity contribution in [1.82, 2.24) is 9.78 Å². The fourth-order valence-electron chi connectivity index (χ4n) is 0.817. The molecular formula is C7H5Cl2N3O. The maximum atomic E-state index is 9.31. The molecular weight excluding hydrogens is 213 g/mol. The van der Waals surface area contributed by atoms with Gasteiger partial charge in [-0.3, -0.25) is 4.68 Å². The Morgan fingerprint density at radius 2 is 2.31 bits per heavy atom. The standard InChI is InChI=1S/C7H5Cl2N3O/c1-12-7(9)5(6(8)11-12)4(13)2-3-10/h2,13H,1H3. The minimum atomic E-state index is -0.286. The van der Waals surface area contributed by atoms with Gasteiger partial charge in [-0.2, -0.15) is 10.4 Å². The van der Waals surface area contributed by atoms with Crippen LogP contribution in [0.1, 0.15) is 5.56 Å². The van der Waals surface area contributed by atoms with Gasteiger partial charge < -0.3 is 5.11 Å². The molecule has 0 radical (unpaired) electrons. The van der Waals surface area contributed by atoms with E-state index in [4.69, 9.17) is 28.5 Å². The molecule has 0 aromatic carbocycles. The molecule has 68 valence electrons. The molecule has 1 aromatic heterocycles. The first-order valence-electron chi connectivity index (χ1n) is 3.25. The SMILES string of the molecule is Cn1nc(Cl)c(C(O)=CC#N)c1Cl. The summed E-state index contributed by atoms with van der Waals surface area (Å²) >= 11 is 11.4. The van der Waals surface area contributed by atoms with Crippen LogP contribution >= 0.6 is 23.2 Å². The van der Waals surface area contributed by atoms with Crippen LogP contribution in [0.4, 0.5) is 0 Å². The van der Waals surface area contributed by atoms with Crippen molar-refractivity contribution >= 4 is 29.0 Å². The minimum Gasteiger partial charge on any atom is -0.506 e. The highest BCUT2D eigenvalue weighted by atomic mass is 35.5. The summed E-state index contributed by atoms with van der Waals surface area (Å²) in [5, 5.41) is 21.6. The first-order valence-corrected chi connectivity index (χ1v) is 4.00. The predicted molar refractivity (Wildman–Crippen MR) is 49.4 cm³/mol.